The predicted molar refractivity (Wildman–Crippen MR) is 95.0 cm³/mol. The van der Waals surface area contributed by atoms with Gasteiger partial charge in [0.05, 0.1) is 0 Å². The molecule has 0 aliphatic carbocycles. The van der Waals surface area contributed by atoms with Crippen molar-refractivity contribution in [1.82, 2.24) is 5.32 Å². The number of benzene rings is 2. The Morgan fingerprint density at radius 1 is 1.19 bits per heavy atom. The summed E-state index contributed by atoms with van der Waals surface area (Å²) in [6.45, 7) is 5.13. The summed E-state index contributed by atoms with van der Waals surface area (Å²) in [5, 5.41) is 3.61. The Morgan fingerprint density at radius 2 is 2.00 bits per heavy atom. The molecule has 1 N–H and O–H groups in total. The smallest absolute Gasteiger partial charge is 0.123 e. The maximum Gasteiger partial charge on any atom is 0.123 e. The third kappa shape index (κ3) is 4.78. The molecule has 2 aromatic carbocycles. The average Bonchev–Trinajstić information content (AvgIpc) is 2.45. The first-order valence-electron chi connectivity index (χ1n) is 7.34. The molecule has 0 bridgehead atoms. The van der Waals surface area contributed by atoms with E-state index in [2.05, 4.69) is 59.1 Å². The first-order valence-corrected chi connectivity index (χ1v) is 8.42. The number of hydrogen-bond acceptors (Lipinski definition) is 1. The number of nitrogens with one attached hydrogen (secondary N) is 1. The zero-order valence-electron chi connectivity index (χ0n) is 12.5. The monoisotopic (exact) mass is 397 g/mol. The Kier molecular flexibility index (Phi) is 6.18. The SMILES string of the molecule is CCCNC(Cc1ccc(F)cc1C)c1cccc(I)c1. The minimum Gasteiger partial charge on any atom is -0.310 e. The summed E-state index contributed by atoms with van der Waals surface area (Å²) in [5.74, 6) is -0.163. The van der Waals surface area contributed by atoms with Crippen molar-refractivity contribution < 1.29 is 4.39 Å². The molecule has 0 fully saturated rings. The first kappa shape index (κ1) is 16.4. The Bertz CT molecular complexity index is 598. The minimum absolute atomic E-state index is 0.163. The van der Waals surface area contributed by atoms with Gasteiger partial charge >= 0.3 is 0 Å². The molecule has 0 spiro atoms. The Balaban J connectivity index is 2.23. The molecule has 0 heterocycles. The van der Waals surface area contributed by atoms with Crippen molar-refractivity contribution in [3.05, 3.63) is 68.5 Å². The van der Waals surface area contributed by atoms with Crippen LogP contribution in [0.5, 0.6) is 0 Å². The van der Waals surface area contributed by atoms with Crippen molar-refractivity contribution in [3.8, 4) is 0 Å². The van der Waals surface area contributed by atoms with Crippen LogP contribution in [0.3, 0.4) is 0 Å². The third-order valence-electron chi connectivity index (χ3n) is 3.62. The van der Waals surface area contributed by atoms with Crippen LogP contribution in [0.15, 0.2) is 42.5 Å². The van der Waals surface area contributed by atoms with Crippen molar-refractivity contribution >= 4 is 22.6 Å². The van der Waals surface area contributed by atoms with Gasteiger partial charge in [-0.2, -0.15) is 0 Å². The fourth-order valence-electron chi connectivity index (χ4n) is 2.46. The maximum absolute atomic E-state index is 13.2. The van der Waals surface area contributed by atoms with E-state index < -0.39 is 0 Å². The Labute approximate surface area is 140 Å². The van der Waals surface area contributed by atoms with Crippen LogP contribution in [0.25, 0.3) is 0 Å². The molecule has 0 saturated carbocycles. The quantitative estimate of drug-likeness (QED) is 0.675. The van der Waals surface area contributed by atoms with Gasteiger partial charge in [0.15, 0.2) is 0 Å². The van der Waals surface area contributed by atoms with Gasteiger partial charge in [0.2, 0.25) is 0 Å². The van der Waals surface area contributed by atoms with Gasteiger partial charge in [0.1, 0.15) is 5.82 Å². The molecule has 0 aliphatic heterocycles. The number of halogens is 2. The van der Waals surface area contributed by atoms with E-state index in [1.54, 1.807) is 12.1 Å². The fraction of sp³-hybridized carbons (Fsp3) is 0.333. The number of hydrogen-bond donors (Lipinski definition) is 1. The first-order chi connectivity index (χ1) is 10.1. The number of aryl methyl sites for hydroxylation is 1. The molecule has 3 heteroatoms. The van der Waals surface area contributed by atoms with Gasteiger partial charge in [-0.25, -0.2) is 4.39 Å². The average molecular weight is 397 g/mol. The molecule has 0 aliphatic rings. The van der Waals surface area contributed by atoms with Crippen molar-refractivity contribution in [2.24, 2.45) is 0 Å². The van der Waals surface area contributed by atoms with E-state index in [1.807, 2.05) is 13.0 Å². The zero-order chi connectivity index (χ0) is 15.2. The summed E-state index contributed by atoms with van der Waals surface area (Å²) in [6.07, 6.45) is 1.98. The van der Waals surface area contributed by atoms with E-state index in [4.69, 9.17) is 0 Å². The molecule has 0 radical (unpaired) electrons. The molecular formula is C18H21FIN. The molecular weight excluding hydrogens is 376 g/mol. The highest BCUT2D eigenvalue weighted by Gasteiger charge is 2.13. The third-order valence-corrected chi connectivity index (χ3v) is 4.29. The largest absolute Gasteiger partial charge is 0.310 e. The lowest BCUT2D eigenvalue weighted by atomic mass is 9.96. The van der Waals surface area contributed by atoms with Crippen LogP contribution in [0.1, 0.15) is 36.1 Å². The molecule has 1 unspecified atom stereocenters. The van der Waals surface area contributed by atoms with E-state index in [0.717, 1.165) is 24.9 Å². The van der Waals surface area contributed by atoms with E-state index in [1.165, 1.54) is 14.7 Å². The Hall–Kier alpha value is -0.940. The van der Waals surface area contributed by atoms with Crippen LogP contribution in [0, 0.1) is 16.3 Å². The summed E-state index contributed by atoms with van der Waals surface area (Å²) in [5.41, 5.74) is 3.51. The van der Waals surface area contributed by atoms with E-state index in [-0.39, 0.29) is 11.9 Å². The molecule has 112 valence electrons. The minimum atomic E-state index is -0.163. The van der Waals surface area contributed by atoms with E-state index in [0.29, 0.717) is 0 Å². The summed E-state index contributed by atoms with van der Waals surface area (Å²) >= 11 is 2.34. The van der Waals surface area contributed by atoms with Crippen molar-refractivity contribution in [2.75, 3.05) is 6.54 Å². The van der Waals surface area contributed by atoms with Gasteiger partial charge in [0.25, 0.3) is 0 Å². The summed E-state index contributed by atoms with van der Waals surface area (Å²) in [4.78, 5) is 0. The summed E-state index contributed by atoms with van der Waals surface area (Å²) < 4.78 is 14.5. The lowest BCUT2D eigenvalue weighted by Gasteiger charge is -2.20. The van der Waals surface area contributed by atoms with Crippen molar-refractivity contribution in [3.63, 3.8) is 0 Å². The van der Waals surface area contributed by atoms with Crippen LogP contribution in [-0.2, 0) is 6.42 Å². The van der Waals surface area contributed by atoms with Gasteiger partial charge < -0.3 is 5.32 Å². The van der Waals surface area contributed by atoms with Crippen LogP contribution < -0.4 is 5.32 Å². The highest BCUT2D eigenvalue weighted by Crippen LogP contribution is 2.22. The van der Waals surface area contributed by atoms with Crippen LogP contribution in [0.2, 0.25) is 0 Å². The van der Waals surface area contributed by atoms with Gasteiger partial charge in [-0.15, -0.1) is 0 Å². The second-order valence-electron chi connectivity index (χ2n) is 5.34. The predicted octanol–water partition coefficient (Wildman–Crippen LogP) is 5.02. The Morgan fingerprint density at radius 3 is 2.67 bits per heavy atom. The van der Waals surface area contributed by atoms with Crippen LogP contribution in [0.4, 0.5) is 4.39 Å². The standard InChI is InChI=1S/C18H21FIN/c1-3-9-21-18(15-5-4-6-17(20)11-15)12-14-7-8-16(19)10-13(14)2/h4-8,10-11,18,21H,3,9,12H2,1-2H3. The molecule has 0 aromatic heterocycles. The van der Waals surface area contributed by atoms with Crippen molar-refractivity contribution in [1.29, 1.82) is 0 Å². The lowest BCUT2D eigenvalue weighted by Crippen LogP contribution is -2.24. The molecule has 2 rings (SSSR count). The number of rotatable bonds is 6. The maximum atomic E-state index is 13.2. The molecule has 2 aromatic rings. The summed E-state index contributed by atoms with van der Waals surface area (Å²) in [6, 6.07) is 13.9. The van der Waals surface area contributed by atoms with Crippen LogP contribution in [-0.4, -0.2) is 6.54 Å². The van der Waals surface area contributed by atoms with Gasteiger partial charge in [0, 0.05) is 9.61 Å². The highest BCUT2D eigenvalue weighted by molar-refractivity contribution is 14.1. The normalized spacial score (nSPS) is 12.4. The molecule has 0 saturated heterocycles. The lowest BCUT2D eigenvalue weighted by molar-refractivity contribution is 0.527. The second kappa shape index (κ2) is 7.90. The molecule has 1 nitrogen and oxygen atoms in total. The van der Waals surface area contributed by atoms with Crippen LogP contribution >= 0.6 is 22.6 Å². The second-order valence-corrected chi connectivity index (χ2v) is 6.58. The highest BCUT2D eigenvalue weighted by atomic mass is 127. The van der Waals surface area contributed by atoms with Crippen molar-refractivity contribution in [2.45, 2.75) is 32.7 Å². The van der Waals surface area contributed by atoms with Gasteiger partial charge in [-0.05, 0) is 89.9 Å². The van der Waals surface area contributed by atoms with E-state index >= 15 is 0 Å². The van der Waals surface area contributed by atoms with E-state index in [9.17, 15) is 4.39 Å². The zero-order valence-corrected chi connectivity index (χ0v) is 14.7. The fourth-order valence-corrected chi connectivity index (χ4v) is 3.03. The van der Waals surface area contributed by atoms with Gasteiger partial charge in [-0.3, -0.25) is 0 Å². The summed E-state index contributed by atoms with van der Waals surface area (Å²) in [7, 11) is 0. The molecule has 1 atom stereocenters. The topological polar surface area (TPSA) is 12.0 Å². The van der Waals surface area contributed by atoms with Gasteiger partial charge in [-0.1, -0.05) is 25.1 Å². The molecule has 0 amide bonds. The molecule has 21 heavy (non-hydrogen) atoms.